The summed E-state index contributed by atoms with van der Waals surface area (Å²) in [5.74, 6) is 1.28. The number of alkyl halides is 1. The maximum atomic E-state index is 6.04. The van der Waals surface area contributed by atoms with E-state index >= 15 is 0 Å². The lowest BCUT2D eigenvalue weighted by Gasteiger charge is -2.09. The Morgan fingerprint density at radius 2 is 1.90 bits per heavy atom. The first-order chi connectivity index (χ1) is 9.69. The van der Waals surface area contributed by atoms with E-state index in [-0.39, 0.29) is 0 Å². The zero-order chi connectivity index (χ0) is 14.1. The summed E-state index contributed by atoms with van der Waals surface area (Å²) in [6.45, 7) is 0.746. The fourth-order valence-corrected chi connectivity index (χ4v) is 3.18. The molecule has 2 nitrogen and oxygen atoms in total. The van der Waals surface area contributed by atoms with Gasteiger partial charge < -0.3 is 4.57 Å². The zero-order valence-corrected chi connectivity index (χ0v) is 14.4. The fraction of sp³-hybridized carbons (Fsp3) is 0.133. The highest BCUT2D eigenvalue weighted by Gasteiger charge is 2.11. The standard InChI is InChI=1S/C15H11Br2ClN2/c16-11-5-6-13-14(7-11)20(15(8-18)19-13)9-10-3-1-2-4-12(10)17/h1-7H,8-9H2. The van der Waals surface area contributed by atoms with Gasteiger partial charge in [0.1, 0.15) is 5.82 Å². The number of imidazole rings is 1. The summed E-state index contributed by atoms with van der Waals surface area (Å²) in [5, 5.41) is 0. The molecule has 0 saturated carbocycles. The molecule has 5 heteroatoms. The molecule has 0 aliphatic carbocycles. The van der Waals surface area contributed by atoms with Crippen LogP contribution in [0.5, 0.6) is 0 Å². The van der Waals surface area contributed by atoms with Crippen molar-refractivity contribution in [2.45, 2.75) is 12.4 Å². The van der Waals surface area contributed by atoms with Gasteiger partial charge in [0.2, 0.25) is 0 Å². The number of fused-ring (bicyclic) bond motifs is 1. The van der Waals surface area contributed by atoms with E-state index < -0.39 is 0 Å². The third-order valence-corrected chi connectivity index (χ3v) is 4.70. The Bertz CT molecular complexity index is 768. The second-order valence-electron chi connectivity index (χ2n) is 4.47. The summed E-state index contributed by atoms with van der Waals surface area (Å²) in [7, 11) is 0. The summed E-state index contributed by atoms with van der Waals surface area (Å²) in [6, 6.07) is 14.3. The highest BCUT2D eigenvalue weighted by molar-refractivity contribution is 9.10. The molecule has 102 valence electrons. The Morgan fingerprint density at radius 1 is 1.10 bits per heavy atom. The molecule has 0 fully saturated rings. The van der Waals surface area contributed by atoms with Crippen LogP contribution >= 0.6 is 43.5 Å². The zero-order valence-electron chi connectivity index (χ0n) is 10.5. The van der Waals surface area contributed by atoms with Crippen molar-refractivity contribution in [2.75, 3.05) is 0 Å². The Balaban J connectivity index is 2.14. The van der Waals surface area contributed by atoms with Crippen LogP contribution in [-0.4, -0.2) is 9.55 Å². The molecule has 0 spiro atoms. The van der Waals surface area contributed by atoms with Crippen molar-refractivity contribution in [2.24, 2.45) is 0 Å². The average molecular weight is 415 g/mol. The van der Waals surface area contributed by atoms with Gasteiger partial charge in [0.25, 0.3) is 0 Å². The van der Waals surface area contributed by atoms with Crippen molar-refractivity contribution >= 4 is 54.5 Å². The van der Waals surface area contributed by atoms with E-state index in [1.165, 1.54) is 5.56 Å². The molecule has 0 radical (unpaired) electrons. The predicted molar refractivity (Wildman–Crippen MR) is 90.2 cm³/mol. The molecule has 20 heavy (non-hydrogen) atoms. The molecule has 1 heterocycles. The molecule has 2 aromatic carbocycles. The first kappa shape index (κ1) is 14.1. The first-order valence-electron chi connectivity index (χ1n) is 6.13. The van der Waals surface area contributed by atoms with Gasteiger partial charge in [-0.05, 0) is 29.8 Å². The molecule has 0 aliphatic rings. The SMILES string of the molecule is ClCc1nc2ccc(Br)cc2n1Cc1ccccc1Br. The van der Waals surface area contributed by atoms with Crippen LogP contribution < -0.4 is 0 Å². The van der Waals surface area contributed by atoms with Gasteiger partial charge in [0.15, 0.2) is 0 Å². The van der Waals surface area contributed by atoms with Crippen LogP contribution in [0.3, 0.4) is 0 Å². The molecule has 0 atom stereocenters. The Labute approximate surface area is 139 Å². The molecule has 0 amide bonds. The molecular formula is C15H11Br2ClN2. The number of hydrogen-bond acceptors (Lipinski definition) is 1. The van der Waals surface area contributed by atoms with Gasteiger partial charge in [-0.1, -0.05) is 50.1 Å². The van der Waals surface area contributed by atoms with Gasteiger partial charge in [-0.2, -0.15) is 0 Å². The minimum atomic E-state index is 0.400. The molecule has 0 bridgehead atoms. The van der Waals surface area contributed by atoms with Crippen LogP contribution in [0.4, 0.5) is 0 Å². The van der Waals surface area contributed by atoms with Crippen LogP contribution in [0.1, 0.15) is 11.4 Å². The third-order valence-electron chi connectivity index (χ3n) is 3.20. The van der Waals surface area contributed by atoms with E-state index in [9.17, 15) is 0 Å². The largest absolute Gasteiger partial charge is 0.322 e. The Kier molecular flexibility index (Phi) is 4.15. The lowest BCUT2D eigenvalue weighted by atomic mass is 10.2. The minimum absolute atomic E-state index is 0.400. The van der Waals surface area contributed by atoms with Gasteiger partial charge in [-0.3, -0.25) is 0 Å². The van der Waals surface area contributed by atoms with Crippen molar-refractivity contribution in [3.05, 3.63) is 62.8 Å². The Hall–Kier alpha value is -0.840. The number of rotatable bonds is 3. The lowest BCUT2D eigenvalue weighted by Crippen LogP contribution is -2.04. The normalized spacial score (nSPS) is 11.2. The van der Waals surface area contributed by atoms with Crippen LogP contribution in [-0.2, 0) is 12.4 Å². The van der Waals surface area contributed by atoms with E-state index in [1.54, 1.807) is 0 Å². The topological polar surface area (TPSA) is 17.8 Å². The molecule has 0 saturated heterocycles. The predicted octanol–water partition coefficient (Wildman–Crippen LogP) is 5.35. The summed E-state index contributed by atoms with van der Waals surface area (Å²) < 4.78 is 4.30. The van der Waals surface area contributed by atoms with Crippen LogP contribution in [0.25, 0.3) is 11.0 Å². The van der Waals surface area contributed by atoms with Gasteiger partial charge in [-0.25, -0.2) is 4.98 Å². The lowest BCUT2D eigenvalue weighted by molar-refractivity contribution is 0.776. The van der Waals surface area contributed by atoms with Gasteiger partial charge in [0, 0.05) is 8.95 Å². The molecule has 1 aromatic heterocycles. The number of hydrogen-bond donors (Lipinski definition) is 0. The van der Waals surface area contributed by atoms with Gasteiger partial charge in [0.05, 0.1) is 23.5 Å². The second-order valence-corrected chi connectivity index (χ2v) is 6.51. The summed E-state index contributed by atoms with van der Waals surface area (Å²) >= 11 is 13.1. The number of benzene rings is 2. The van der Waals surface area contributed by atoms with Crippen molar-refractivity contribution in [3.8, 4) is 0 Å². The second kappa shape index (κ2) is 5.88. The summed E-state index contributed by atoms with van der Waals surface area (Å²) in [4.78, 5) is 4.59. The maximum absolute atomic E-state index is 6.04. The molecule has 0 unspecified atom stereocenters. The van der Waals surface area contributed by atoms with E-state index in [0.717, 1.165) is 32.3 Å². The number of halogens is 3. The van der Waals surface area contributed by atoms with Crippen molar-refractivity contribution in [3.63, 3.8) is 0 Å². The quantitative estimate of drug-likeness (QED) is 0.529. The average Bonchev–Trinajstić information content (AvgIpc) is 2.79. The van der Waals surface area contributed by atoms with E-state index in [0.29, 0.717) is 5.88 Å². The van der Waals surface area contributed by atoms with E-state index in [2.05, 4.69) is 53.5 Å². The van der Waals surface area contributed by atoms with Crippen molar-refractivity contribution in [1.82, 2.24) is 9.55 Å². The smallest absolute Gasteiger partial charge is 0.125 e. The van der Waals surface area contributed by atoms with Crippen LogP contribution in [0.15, 0.2) is 51.4 Å². The van der Waals surface area contributed by atoms with Crippen LogP contribution in [0.2, 0.25) is 0 Å². The molecule has 3 rings (SSSR count). The monoisotopic (exact) mass is 412 g/mol. The summed E-state index contributed by atoms with van der Waals surface area (Å²) in [5.41, 5.74) is 3.26. The van der Waals surface area contributed by atoms with E-state index in [1.807, 2.05) is 30.3 Å². The third kappa shape index (κ3) is 2.65. The van der Waals surface area contributed by atoms with Crippen molar-refractivity contribution in [1.29, 1.82) is 0 Å². The summed E-state index contributed by atoms with van der Waals surface area (Å²) in [6.07, 6.45) is 0. The van der Waals surface area contributed by atoms with Crippen LogP contribution in [0, 0.1) is 0 Å². The maximum Gasteiger partial charge on any atom is 0.125 e. The molecule has 0 N–H and O–H groups in total. The molecule has 0 aliphatic heterocycles. The van der Waals surface area contributed by atoms with Gasteiger partial charge in [-0.15, -0.1) is 11.6 Å². The van der Waals surface area contributed by atoms with Crippen molar-refractivity contribution < 1.29 is 0 Å². The minimum Gasteiger partial charge on any atom is -0.322 e. The highest BCUT2D eigenvalue weighted by Crippen LogP contribution is 2.25. The molecular weight excluding hydrogens is 403 g/mol. The number of aromatic nitrogens is 2. The van der Waals surface area contributed by atoms with E-state index in [4.69, 9.17) is 11.6 Å². The highest BCUT2D eigenvalue weighted by atomic mass is 79.9. The van der Waals surface area contributed by atoms with Gasteiger partial charge >= 0.3 is 0 Å². The molecule has 3 aromatic rings. The Morgan fingerprint density at radius 3 is 2.65 bits per heavy atom. The number of nitrogens with zero attached hydrogens (tertiary/aromatic N) is 2. The first-order valence-corrected chi connectivity index (χ1v) is 8.25. The fourth-order valence-electron chi connectivity index (χ4n) is 2.22.